The Bertz CT molecular complexity index is 331. The lowest BCUT2D eigenvalue weighted by Crippen LogP contribution is -2.36. The standard InChI is InChI=1S/C12H22N4/c1-5-12(4,6-7-13)16-11-8-9(2)14-10(3)15-11/h8H,5-7,13H2,1-4H3,(H,14,15,16). The van der Waals surface area contributed by atoms with Crippen LogP contribution in [-0.4, -0.2) is 22.1 Å². The first-order chi connectivity index (χ1) is 7.49. The highest BCUT2D eigenvalue weighted by atomic mass is 15.1. The number of aromatic nitrogens is 2. The van der Waals surface area contributed by atoms with Crippen molar-refractivity contribution in [2.45, 2.75) is 46.1 Å². The summed E-state index contributed by atoms with van der Waals surface area (Å²) in [6.07, 6.45) is 1.96. The Labute approximate surface area is 97.7 Å². The van der Waals surface area contributed by atoms with Gasteiger partial charge >= 0.3 is 0 Å². The van der Waals surface area contributed by atoms with Gasteiger partial charge < -0.3 is 11.1 Å². The topological polar surface area (TPSA) is 63.8 Å². The first-order valence-corrected chi connectivity index (χ1v) is 5.79. The summed E-state index contributed by atoms with van der Waals surface area (Å²) in [6, 6.07) is 1.97. The van der Waals surface area contributed by atoms with Gasteiger partial charge in [-0.1, -0.05) is 6.92 Å². The van der Waals surface area contributed by atoms with Gasteiger partial charge in [-0.05, 0) is 40.2 Å². The van der Waals surface area contributed by atoms with Crippen molar-refractivity contribution in [3.63, 3.8) is 0 Å². The molecule has 1 aromatic heterocycles. The molecule has 1 unspecified atom stereocenters. The molecule has 4 nitrogen and oxygen atoms in total. The molecule has 0 amide bonds. The Kier molecular flexibility index (Phi) is 4.24. The van der Waals surface area contributed by atoms with Crippen LogP contribution >= 0.6 is 0 Å². The Balaban J connectivity index is 2.85. The van der Waals surface area contributed by atoms with Gasteiger partial charge in [0.1, 0.15) is 11.6 Å². The van der Waals surface area contributed by atoms with Gasteiger partial charge in [-0.3, -0.25) is 0 Å². The van der Waals surface area contributed by atoms with Gasteiger partial charge in [0.15, 0.2) is 0 Å². The highest BCUT2D eigenvalue weighted by molar-refractivity contribution is 5.38. The minimum Gasteiger partial charge on any atom is -0.365 e. The lowest BCUT2D eigenvalue weighted by Gasteiger charge is -2.30. The van der Waals surface area contributed by atoms with E-state index in [0.717, 1.165) is 30.2 Å². The SMILES string of the molecule is CCC(C)(CCN)Nc1cc(C)nc(C)n1. The van der Waals surface area contributed by atoms with Crippen LogP contribution in [0.25, 0.3) is 0 Å². The summed E-state index contributed by atoms with van der Waals surface area (Å²) in [7, 11) is 0. The summed E-state index contributed by atoms with van der Waals surface area (Å²) in [4.78, 5) is 8.65. The maximum Gasteiger partial charge on any atom is 0.130 e. The van der Waals surface area contributed by atoms with E-state index in [4.69, 9.17) is 5.73 Å². The molecule has 0 saturated heterocycles. The fourth-order valence-electron chi connectivity index (χ4n) is 1.74. The third kappa shape index (κ3) is 3.45. The molecule has 1 heterocycles. The molecule has 1 rings (SSSR count). The van der Waals surface area contributed by atoms with E-state index in [0.29, 0.717) is 6.54 Å². The highest BCUT2D eigenvalue weighted by Gasteiger charge is 2.21. The normalized spacial score (nSPS) is 14.6. The average Bonchev–Trinajstić information content (AvgIpc) is 2.16. The van der Waals surface area contributed by atoms with Crippen molar-refractivity contribution in [2.24, 2.45) is 5.73 Å². The van der Waals surface area contributed by atoms with E-state index in [1.54, 1.807) is 0 Å². The molecule has 0 aliphatic carbocycles. The van der Waals surface area contributed by atoms with E-state index in [-0.39, 0.29) is 5.54 Å². The predicted molar refractivity (Wildman–Crippen MR) is 67.5 cm³/mol. The second kappa shape index (κ2) is 5.25. The van der Waals surface area contributed by atoms with Crippen molar-refractivity contribution in [3.05, 3.63) is 17.6 Å². The van der Waals surface area contributed by atoms with Crippen LogP contribution in [-0.2, 0) is 0 Å². The lowest BCUT2D eigenvalue weighted by molar-refractivity contribution is 0.461. The number of anilines is 1. The molecule has 16 heavy (non-hydrogen) atoms. The van der Waals surface area contributed by atoms with Crippen LogP contribution in [0, 0.1) is 13.8 Å². The molecular weight excluding hydrogens is 200 g/mol. The summed E-state index contributed by atoms with van der Waals surface area (Å²) in [5.41, 5.74) is 6.63. The molecule has 4 heteroatoms. The maximum atomic E-state index is 5.63. The van der Waals surface area contributed by atoms with E-state index in [1.165, 1.54) is 0 Å². The molecular formula is C12H22N4. The number of aryl methyl sites for hydroxylation is 2. The van der Waals surface area contributed by atoms with Gasteiger partial charge in [0.05, 0.1) is 0 Å². The number of nitrogens with one attached hydrogen (secondary N) is 1. The molecule has 0 aromatic carbocycles. The van der Waals surface area contributed by atoms with E-state index in [2.05, 4.69) is 29.1 Å². The summed E-state index contributed by atoms with van der Waals surface area (Å²) in [5.74, 6) is 1.69. The second-order valence-corrected chi connectivity index (χ2v) is 4.52. The second-order valence-electron chi connectivity index (χ2n) is 4.52. The third-order valence-electron chi connectivity index (χ3n) is 2.87. The number of nitrogens with two attached hydrogens (primary N) is 1. The number of nitrogens with zero attached hydrogens (tertiary/aromatic N) is 2. The van der Waals surface area contributed by atoms with Crippen molar-refractivity contribution in [1.82, 2.24) is 9.97 Å². The molecule has 0 aliphatic heterocycles. The van der Waals surface area contributed by atoms with E-state index in [9.17, 15) is 0 Å². The zero-order valence-corrected chi connectivity index (χ0v) is 10.7. The van der Waals surface area contributed by atoms with E-state index in [1.807, 2.05) is 19.9 Å². The number of hydrogen-bond acceptors (Lipinski definition) is 4. The molecule has 90 valence electrons. The molecule has 0 fully saturated rings. The van der Waals surface area contributed by atoms with Crippen LogP contribution in [0.5, 0.6) is 0 Å². The first kappa shape index (κ1) is 12.9. The number of hydrogen-bond donors (Lipinski definition) is 2. The molecule has 0 spiro atoms. The van der Waals surface area contributed by atoms with Crippen LogP contribution in [0.1, 0.15) is 38.2 Å². The Hall–Kier alpha value is -1.16. The molecule has 0 bridgehead atoms. The summed E-state index contributed by atoms with van der Waals surface area (Å²) >= 11 is 0. The van der Waals surface area contributed by atoms with Crippen molar-refractivity contribution >= 4 is 5.82 Å². The maximum absolute atomic E-state index is 5.63. The molecule has 0 radical (unpaired) electrons. The van der Waals surface area contributed by atoms with Crippen molar-refractivity contribution in [3.8, 4) is 0 Å². The van der Waals surface area contributed by atoms with Gasteiger partial charge in [-0.25, -0.2) is 9.97 Å². The summed E-state index contributed by atoms with van der Waals surface area (Å²) < 4.78 is 0. The lowest BCUT2D eigenvalue weighted by atomic mass is 9.94. The first-order valence-electron chi connectivity index (χ1n) is 5.79. The summed E-state index contributed by atoms with van der Waals surface area (Å²) in [5, 5.41) is 3.46. The monoisotopic (exact) mass is 222 g/mol. The zero-order valence-electron chi connectivity index (χ0n) is 10.7. The predicted octanol–water partition coefficient (Wildman–Crippen LogP) is 2.02. The van der Waals surface area contributed by atoms with Gasteiger partial charge in [0, 0.05) is 17.3 Å². The van der Waals surface area contributed by atoms with Gasteiger partial charge in [0.25, 0.3) is 0 Å². The van der Waals surface area contributed by atoms with E-state index >= 15 is 0 Å². The van der Waals surface area contributed by atoms with Crippen LogP contribution in [0.15, 0.2) is 6.07 Å². The van der Waals surface area contributed by atoms with Gasteiger partial charge in [-0.2, -0.15) is 0 Å². The Morgan fingerprint density at radius 2 is 2.06 bits per heavy atom. The quantitative estimate of drug-likeness (QED) is 0.800. The fraction of sp³-hybridized carbons (Fsp3) is 0.667. The smallest absolute Gasteiger partial charge is 0.130 e. The van der Waals surface area contributed by atoms with Gasteiger partial charge in [-0.15, -0.1) is 0 Å². The average molecular weight is 222 g/mol. The van der Waals surface area contributed by atoms with Crippen LogP contribution in [0.4, 0.5) is 5.82 Å². The molecule has 1 aromatic rings. The number of rotatable bonds is 5. The Morgan fingerprint density at radius 3 is 2.56 bits per heavy atom. The van der Waals surface area contributed by atoms with Crippen LogP contribution in [0.3, 0.4) is 0 Å². The van der Waals surface area contributed by atoms with Gasteiger partial charge in [0.2, 0.25) is 0 Å². The van der Waals surface area contributed by atoms with Crippen molar-refractivity contribution in [2.75, 3.05) is 11.9 Å². The third-order valence-corrected chi connectivity index (χ3v) is 2.87. The van der Waals surface area contributed by atoms with Crippen molar-refractivity contribution < 1.29 is 0 Å². The molecule has 0 saturated carbocycles. The largest absolute Gasteiger partial charge is 0.365 e. The minimum absolute atomic E-state index is 0.0159. The molecule has 0 aliphatic rings. The zero-order chi connectivity index (χ0) is 12.2. The minimum atomic E-state index is 0.0159. The molecule has 1 atom stereocenters. The van der Waals surface area contributed by atoms with Crippen LogP contribution in [0.2, 0.25) is 0 Å². The highest BCUT2D eigenvalue weighted by Crippen LogP contribution is 2.20. The Morgan fingerprint density at radius 1 is 1.38 bits per heavy atom. The summed E-state index contributed by atoms with van der Waals surface area (Å²) in [6.45, 7) is 8.90. The van der Waals surface area contributed by atoms with Crippen LogP contribution < -0.4 is 11.1 Å². The van der Waals surface area contributed by atoms with E-state index < -0.39 is 0 Å². The fourth-order valence-corrected chi connectivity index (χ4v) is 1.74. The molecule has 3 N–H and O–H groups in total. The van der Waals surface area contributed by atoms with Crippen molar-refractivity contribution in [1.29, 1.82) is 0 Å².